The molecule has 2 aromatic rings. The summed E-state index contributed by atoms with van der Waals surface area (Å²) in [6.45, 7) is 1.50. The minimum atomic E-state index is -1.18. The highest BCUT2D eigenvalue weighted by Crippen LogP contribution is 2.44. The molecule has 0 saturated carbocycles. The van der Waals surface area contributed by atoms with Crippen molar-refractivity contribution in [3.63, 3.8) is 0 Å². The summed E-state index contributed by atoms with van der Waals surface area (Å²) in [5.74, 6) is -1.86. The van der Waals surface area contributed by atoms with Gasteiger partial charge in [-0.25, -0.2) is 9.59 Å². The van der Waals surface area contributed by atoms with Gasteiger partial charge in [-0.05, 0) is 29.2 Å². The molecule has 1 saturated heterocycles. The predicted octanol–water partition coefficient (Wildman–Crippen LogP) is 1.96. The fourth-order valence-electron chi connectivity index (χ4n) is 4.42. The number of alkyl carbamates (subject to hydrolysis) is 1. The van der Waals surface area contributed by atoms with Crippen LogP contribution in [0.4, 0.5) is 4.79 Å². The Kier molecular flexibility index (Phi) is 5.65. The lowest BCUT2D eigenvalue weighted by molar-refractivity contribution is -0.148. The SMILES string of the molecule is CC(NC(=O)OCC1c2ccccc2-c2ccccc21)C(=O)N1C[C@H](O)C[C@H]1C(=O)O. The number of carboxylic acid groups (broad SMARTS) is 1. The van der Waals surface area contributed by atoms with Gasteiger partial charge in [-0.2, -0.15) is 0 Å². The Labute approximate surface area is 179 Å². The molecule has 2 amide bonds. The monoisotopic (exact) mass is 424 g/mol. The molecule has 3 N–H and O–H groups in total. The Hall–Kier alpha value is -3.39. The van der Waals surface area contributed by atoms with Gasteiger partial charge in [0.15, 0.2) is 0 Å². The number of ether oxygens (including phenoxy) is 1. The zero-order chi connectivity index (χ0) is 22.1. The van der Waals surface area contributed by atoms with Gasteiger partial charge in [0.05, 0.1) is 6.10 Å². The van der Waals surface area contributed by atoms with Crippen molar-refractivity contribution in [2.75, 3.05) is 13.2 Å². The topological polar surface area (TPSA) is 116 Å². The Bertz CT molecular complexity index is 977. The number of hydrogen-bond donors (Lipinski definition) is 3. The predicted molar refractivity (Wildman–Crippen MR) is 111 cm³/mol. The van der Waals surface area contributed by atoms with Crippen LogP contribution in [0.25, 0.3) is 11.1 Å². The molecule has 1 heterocycles. The molecule has 0 spiro atoms. The van der Waals surface area contributed by atoms with E-state index in [0.717, 1.165) is 27.2 Å². The van der Waals surface area contributed by atoms with Gasteiger partial charge in [-0.3, -0.25) is 4.79 Å². The molecule has 8 nitrogen and oxygen atoms in total. The molecule has 3 atom stereocenters. The molecule has 0 radical (unpaired) electrons. The van der Waals surface area contributed by atoms with Crippen molar-refractivity contribution in [1.82, 2.24) is 10.2 Å². The van der Waals surface area contributed by atoms with Gasteiger partial charge in [0.1, 0.15) is 18.7 Å². The third kappa shape index (κ3) is 3.98. The fraction of sp³-hybridized carbons (Fsp3) is 0.348. The lowest BCUT2D eigenvalue weighted by Gasteiger charge is -2.25. The van der Waals surface area contributed by atoms with Crippen LogP contribution in [0.5, 0.6) is 0 Å². The van der Waals surface area contributed by atoms with Crippen LogP contribution in [0.3, 0.4) is 0 Å². The minimum absolute atomic E-state index is 0.0290. The molecule has 162 valence electrons. The van der Waals surface area contributed by atoms with E-state index in [-0.39, 0.29) is 25.5 Å². The van der Waals surface area contributed by atoms with E-state index >= 15 is 0 Å². The van der Waals surface area contributed by atoms with Gasteiger partial charge in [-0.1, -0.05) is 48.5 Å². The van der Waals surface area contributed by atoms with E-state index in [2.05, 4.69) is 5.32 Å². The van der Waals surface area contributed by atoms with Crippen LogP contribution in [0.15, 0.2) is 48.5 Å². The average Bonchev–Trinajstić information content (AvgIpc) is 3.30. The third-order valence-corrected chi connectivity index (χ3v) is 5.90. The summed E-state index contributed by atoms with van der Waals surface area (Å²) in [7, 11) is 0. The Morgan fingerprint density at radius 2 is 1.68 bits per heavy atom. The summed E-state index contributed by atoms with van der Waals surface area (Å²) in [5.41, 5.74) is 4.39. The number of nitrogens with zero attached hydrogens (tertiary/aromatic N) is 1. The van der Waals surface area contributed by atoms with Crippen molar-refractivity contribution in [2.45, 2.75) is 37.5 Å². The molecular weight excluding hydrogens is 400 g/mol. The number of amides is 2. The second-order valence-electron chi connectivity index (χ2n) is 7.93. The van der Waals surface area contributed by atoms with Crippen molar-refractivity contribution in [3.8, 4) is 11.1 Å². The summed E-state index contributed by atoms with van der Waals surface area (Å²) >= 11 is 0. The van der Waals surface area contributed by atoms with Crippen molar-refractivity contribution in [1.29, 1.82) is 0 Å². The number of likely N-dealkylation sites (tertiary alicyclic amines) is 1. The van der Waals surface area contributed by atoms with Gasteiger partial charge in [0, 0.05) is 18.9 Å². The number of carbonyl (C=O) groups is 3. The summed E-state index contributed by atoms with van der Waals surface area (Å²) in [6.07, 6.45) is -1.68. The van der Waals surface area contributed by atoms with Crippen LogP contribution in [-0.4, -0.2) is 64.4 Å². The number of nitrogens with one attached hydrogen (secondary N) is 1. The second-order valence-corrected chi connectivity index (χ2v) is 7.93. The second kappa shape index (κ2) is 8.39. The molecule has 2 aromatic carbocycles. The van der Waals surface area contributed by atoms with Gasteiger partial charge in [-0.15, -0.1) is 0 Å². The number of aliphatic hydroxyl groups excluding tert-OH is 1. The van der Waals surface area contributed by atoms with Gasteiger partial charge in [0.2, 0.25) is 5.91 Å². The van der Waals surface area contributed by atoms with Gasteiger partial charge < -0.3 is 25.2 Å². The van der Waals surface area contributed by atoms with E-state index in [1.54, 1.807) is 0 Å². The normalized spacial score (nSPS) is 20.6. The first-order valence-electron chi connectivity index (χ1n) is 10.2. The first-order chi connectivity index (χ1) is 14.9. The molecular formula is C23H24N2O6. The van der Waals surface area contributed by atoms with Crippen molar-refractivity contribution < 1.29 is 29.3 Å². The average molecular weight is 424 g/mol. The zero-order valence-corrected chi connectivity index (χ0v) is 17.0. The first kappa shape index (κ1) is 20.9. The molecule has 31 heavy (non-hydrogen) atoms. The zero-order valence-electron chi connectivity index (χ0n) is 17.0. The van der Waals surface area contributed by atoms with E-state index in [0.29, 0.717) is 0 Å². The molecule has 8 heteroatoms. The number of aliphatic carboxylic acids is 1. The highest BCUT2D eigenvalue weighted by atomic mass is 16.5. The van der Waals surface area contributed by atoms with Crippen LogP contribution in [0.1, 0.15) is 30.4 Å². The number of aliphatic hydroxyl groups is 1. The standard InChI is InChI=1S/C23H24N2O6/c1-13(21(27)25-11-14(26)10-20(25)22(28)29)24-23(30)31-12-19-17-8-4-2-6-15(17)16-7-3-5-9-18(16)19/h2-9,13-14,19-20,26H,10-12H2,1H3,(H,24,30)(H,28,29)/t13?,14-,20+/m1/s1. The van der Waals surface area contributed by atoms with Crippen molar-refractivity contribution in [3.05, 3.63) is 59.7 Å². The van der Waals surface area contributed by atoms with Crippen LogP contribution < -0.4 is 5.32 Å². The molecule has 2 aliphatic rings. The summed E-state index contributed by atoms with van der Waals surface area (Å²) < 4.78 is 5.43. The Morgan fingerprint density at radius 3 is 2.26 bits per heavy atom. The quantitative estimate of drug-likeness (QED) is 0.676. The van der Waals surface area contributed by atoms with Crippen molar-refractivity contribution >= 4 is 18.0 Å². The maximum Gasteiger partial charge on any atom is 0.407 e. The van der Waals surface area contributed by atoms with Crippen LogP contribution in [0, 0.1) is 0 Å². The minimum Gasteiger partial charge on any atom is -0.480 e. The number of β-amino-alcohol motifs (C(OH)–C–C–N with tert-alkyl or cyclic N) is 1. The summed E-state index contributed by atoms with van der Waals surface area (Å²) in [6, 6.07) is 13.9. The van der Waals surface area contributed by atoms with E-state index in [9.17, 15) is 24.6 Å². The molecule has 1 aliphatic carbocycles. The first-order valence-corrected chi connectivity index (χ1v) is 10.2. The maximum atomic E-state index is 12.6. The van der Waals surface area contributed by atoms with Crippen LogP contribution in [-0.2, 0) is 14.3 Å². The highest BCUT2D eigenvalue weighted by molar-refractivity contribution is 5.89. The van der Waals surface area contributed by atoms with Crippen LogP contribution in [0.2, 0.25) is 0 Å². The third-order valence-electron chi connectivity index (χ3n) is 5.90. The number of carbonyl (C=O) groups excluding carboxylic acids is 2. The molecule has 1 fully saturated rings. The summed E-state index contributed by atoms with van der Waals surface area (Å²) in [5, 5.41) is 21.5. The Morgan fingerprint density at radius 1 is 1.10 bits per heavy atom. The smallest absolute Gasteiger partial charge is 0.407 e. The molecule has 1 unspecified atom stereocenters. The van der Waals surface area contributed by atoms with Gasteiger partial charge >= 0.3 is 12.1 Å². The molecule has 0 bridgehead atoms. The van der Waals surface area contributed by atoms with E-state index in [4.69, 9.17) is 4.74 Å². The lowest BCUT2D eigenvalue weighted by Crippen LogP contribution is -2.50. The summed E-state index contributed by atoms with van der Waals surface area (Å²) in [4.78, 5) is 37.4. The number of benzene rings is 2. The molecule has 4 rings (SSSR count). The number of rotatable bonds is 5. The highest BCUT2D eigenvalue weighted by Gasteiger charge is 2.40. The number of fused-ring (bicyclic) bond motifs is 3. The number of hydrogen-bond acceptors (Lipinski definition) is 5. The molecule has 1 aliphatic heterocycles. The number of carboxylic acids is 1. The largest absolute Gasteiger partial charge is 0.480 e. The van der Waals surface area contributed by atoms with Gasteiger partial charge in [0.25, 0.3) is 0 Å². The maximum absolute atomic E-state index is 12.6. The van der Waals surface area contributed by atoms with E-state index in [1.807, 2.05) is 48.5 Å². The van der Waals surface area contributed by atoms with E-state index in [1.165, 1.54) is 6.92 Å². The van der Waals surface area contributed by atoms with E-state index < -0.39 is 36.2 Å². The van der Waals surface area contributed by atoms with Crippen molar-refractivity contribution in [2.24, 2.45) is 0 Å². The lowest BCUT2D eigenvalue weighted by atomic mass is 9.98. The fourth-order valence-corrected chi connectivity index (χ4v) is 4.42. The molecule has 0 aromatic heterocycles. The Balaban J connectivity index is 1.39. The van der Waals surface area contributed by atoms with Crippen LogP contribution >= 0.6 is 0 Å².